The highest BCUT2D eigenvalue weighted by Gasteiger charge is 2.37. The van der Waals surface area contributed by atoms with Crippen LogP contribution in [0.4, 0.5) is 24.5 Å². The number of nitro benzene ring substituents is 1. The van der Waals surface area contributed by atoms with E-state index >= 15 is 0 Å². The van der Waals surface area contributed by atoms with Crippen molar-refractivity contribution in [2.75, 3.05) is 18.5 Å². The van der Waals surface area contributed by atoms with Crippen LogP contribution in [0.15, 0.2) is 12.1 Å². The van der Waals surface area contributed by atoms with Crippen LogP contribution in [0.1, 0.15) is 18.4 Å². The molecule has 1 aliphatic carbocycles. The molecule has 1 aromatic carbocycles. The van der Waals surface area contributed by atoms with E-state index in [1.165, 1.54) is 4.90 Å². The van der Waals surface area contributed by atoms with E-state index in [-0.39, 0.29) is 17.7 Å². The van der Waals surface area contributed by atoms with Gasteiger partial charge < -0.3 is 10.0 Å². The summed E-state index contributed by atoms with van der Waals surface area (Å²) < 4.78 is 38.4. The molecule has 122 valence electrons. The third kappa shape index (κ3) is 3.44. The summed E-state index contributed by atoms with van der Waals surface area (Å²) in [5.74, 6) is 0.153. The Morgan fingerprint density at radius 3 is 2.50 bits per heavy atom. The predicted molar refractivity (Wildman–Crippen MR) is 75.1 cm³/mol. The zero-order chi connectivity index (χ0) is 16.7. The Labute approximate surface area is 129 Å². The van der Waals surface area contributed by atoms with Crippen LogP contribution in [0.2, 0.25) is 5.02 Å². The summed E-state index contributed by atoms with van der Waals surface area (Å²) >= 11 is 5.63. The zero-order valence-electron chi connectivity index (χ0n) is 11.6. The first kappa shape index (κ1) is 16.8. The summed E-state index contributed by atoms with van der Waals surface area (Å²) in [5, 5.41) is 19.7. The molecule has 1 saturated carbocycles. The maximum Gasteiger partial charge on any atom is 0.418 e. The van der Waals surface area contributed by atoms with Crippen LogP contribution in [0.5, 0.6) is 0 Å². The number of alkyl halides is 3. The summed E-state index contributed by atoms with van der Waals surface area (Å²) in [7, 11) is 1.55. The van der Waals surface area contributed by atoms with Crippen LogP contribution < -0.4 is 4.90 Å². The molecule has 0 saturated heterocycles. The number of nitrogens with zero attached hydrogens (tertiary/aromatic N) is 2. The normalized spacial score (nSPS) is 21.4. The number of hydrogen-bond donors (Lipinski definition) is 1. The van der Waals surface area contributed by atoms with Gasteiger partial charge in [-0.2, -0.15) is 13.2 Å². The molecule has 1 N–H and O–H groups in total. The molecule has 0 unspecified atom stereocenters. The Balaban J connectivity index is 2.33. The van der Waals surface area contributed by atoms with Gasteiger partial charge in [-0.15, -0.1) is 0 Å². The number of nitro groups is 1. The first-order chi connectivity index (χ1) is 10.1. The van der Waals surface area contributed by atoms with E-state index in [1.54, 1.807) is 7.05 Å². The summed E-state index contributed by atoms with van der Waals surface area (Å²) in [6.45, 7) is 0.402. The fraction of sp³-hybridized carbons (Fsp3) is 0.538. The highest BCUT2D eigenvalue weighted by Crippen LogP contribution is 2.41. The molecule has 5 nitrogen and oxygen atoms in total. The van der Waals surface area contributed by atoms with E-state index in [0.29, 0.717) is 25.5 Å². The summed E-state index contributed by atoms with van der Waals surface area (Å²) in [5.41, 5.74) is -1.83. The third-order valence-electron chi connectivity index (χ3n) is 3.72. The lowest BCUT2D eigenvalue weighted by Crippen LogP contribution is -2.37. The standard InChI is InChI=1S/C13H14ClF3N2O3/c1-18(6-7-2-8(20)3-7)11-5-10(14)9(13(15,16)17)4-12(11)19(21)22/h4-5,7-8,20H,2-3,6H2,1H3. The van der Waals surface area contributed by atoms with Crippen LogP contribution in [0.25, 0.3) is 0 Å². The van der Waals surface area contributed by atoms with Crippen molar-refractivity contribution in [3.63, 3.8) is 0 Å². The number of aliphatic hydroxyl groups is 1. The predicted octanol–water partition coefficient (Wildman–Crippen LogP) is 3.47. The van der Waals surface area contributed by atoms with Gasteiger partial charge in [-0.1, -0.05) is 11.6 Å². The van der Waals surface area contributed by atoms with Gasteiger partial charge in [0.2, 0.25) is 0 Å². The molecule has 0 bridgehead atoms. The smallest absolute Gasteiger partial charge is 0.393 e. The van der Waals surface area contributed by atoms with Crippen LogP contribution in [0.3, 0.4) is 0 Å². The lowest BCUT2D eigenvalue weighted by molar-refractivity contribution is -0.384. The molecule has 0 aromatic heterocycles. The monoisotopic (exact) mass is 338 g/mol. The van der Waals surface area contributed by atoms with Crippen LogP contribution in [-0.2, 0) is 6.18 Å². The molecule has 0 radical (unpaired) electrons. The number of rotatable bonds is 4. The lowest BCUT2D eigenvalue weighted by Gasteiger charge is -2.35. The third-order valence-corrected chi connectivity index (χ3v) is 4.03. The minimum atomic E-state index is -4.75. The molecule has 0 aliphatic heterocycles. The molecule has 0 amide bonds. The fourth-order valence-electron chi connectivity index (χ4n) is 2.56. The fourth-order valence-corrected chi connectivity index (χ4v) is 2.82. The molecule has 9 heteroatoms. The van der Waals surface area contributed by atoms with Gasteiger partial charge in [0, 0.05) is 19.7 Å². The molecule has 22 heavy (non-hydrogen) atoms. The van der Waals surface area contributed by atoms with Crippen molar-refractivity contribution in [1.82, 2.24) is 0 Å². The highest BCUT2D eigenvalue weighted by molar-refractivity contribution is 6.31. The summed E-state index contributed by atoms with van der Waals surface area (Å²) in [4.78, 5) is 11.7. The summed E-state index contributed by atoms with van der Waals surface area (Å²) in [6, 6.07) is 1.43. The van der Waals surface area contributed by atoms with E-state index in [1.807, 2.05) is 0 Å². The molecule has 1 aliphatic rings. The number of anilines is 1. The van der Waals surface area contributed by atoms with Crippen molar-refractivity contribution >= 4 is 23.0 Å². The first-order valence-corrected chi connectivity index (χ1v) is 6.91. The molecule has 1 fully saturated rings. The number of halogens is 4. The molecule has 0 atom stereocenters. The zero-order valence-corrected chi connectivity index (χ0v) is 12.4. The molecular weight excluding hydrogens is 325 g/mol. The molecule has 2 rings (SSSR count). The average Bonchev–Trinajstić information content (AvgIpc) is 2.34. The minimum absolute atomic E-state index is 0.0318. The quantitative estimate of drug-likeness (QED) is 0.674. The maximum absolute atomic E-state index is 12.8. The van der Waals surface area contributed by atoms with E-state index in [4.69, 9.17) is 11.6 Å². The van der Waals surface area contributed by atoms with Crippen LogP contribution >= 0.6 is 11.6 Å². The van der Waals surface area contributed by atoms with Crippen LogP contribution in [0, 0.1) is 16.0 Å². The van der Waals surface area contributed by atoms with E-state index in [2.05, 4.69) is 0 Å². The van der Waals surface area contributed by atoms with Crippen molar-refractivity contribution in [3.05, 3.63) is 32.8 Å². The topological polar surface area (TPSA) is 66.6 Å². The van der Waals surface area contributed by atoms with Crippen molar-refractivity contribution in [3.8, 4) is 0 Å². The van der Waals surface area contributed by atoms with Crippen molar-refractivity contribution in [2.24, 2.45) is 5.92 Å². The average molecular weight is 339 g/mol. The lowest BCUT2D eigenvalue weighted by atomic mass is 9.82. The van der Waals surface area contributed by atoms with Crippen molar-refractivity contribution in [2.45, 2.75) is 25.1 Å². The SMILES string of the molecule is CN(CC1CC(O)C1)c1cc(Cl)c(C(F)(F)F)cc1[N+](=O)[O-]. The van der Waals surface area contributed by atoms with Crippen LogP contribution in [-0.4, -0.2) is 29.7 Å². The Morgan fingerprint density at radius 2 is 2.05 bits per heavy atom. The molecule has 1 aromatic rings. The Bertz CT molecular complexity index is 589. The number of benzene rings is 1. The van der Waals surface area contributed by atoms with Gasteiger partial charge in [-0.05, 0) is 24.8 Å². The first-order valence-electron chi connectivity index (χ1n) is 6.54. The summed E-state index contributed by atoms with van der Waals surface area (Å²) in [6.07, 6.45) is -3.97. The van der Waals surface area contributed by atoms with E-state index in [9.17, 15) is 28.4 Å². The Hall–Kier alpha value is -1.54. The molecule has 0 heterocycles. The van der Waals surface area contributed by atoms with Crippen molar-refractivity contribution < 1.29 is 23.2 Å². The minimum Gasteiger partial charge on any atom is -0.393 e. The Morgan fingerprint density at radius 1 is 1.45 bits per heavy atom. The second-order valence-electron chi connectivity index (χ2n) is 5.45. The van der Waals surface area contributed by atoms with Gasteiger partial charge in [0.15, 0.2) is 0 Å². The van der Waals surface area contributed by atoms with Gasteiger partial charge in [-0.3, -0.25) is 10.1 Å². The van der Waals surface area contributed by atoms with E-state index in [0.717, 1.165) is 6.07 Å². The molecule has 0 spiro atoms. The van der Waals surface area contributed by atoms with Gasteiger partial charge in [0.1, 0.15) is 5.69 Å². The second-order valence-corrected chi connectivity index (χ2v) is 5.85. The molecular formula is C13H14ClF3N2O3. The second kappa shape index (κ2) is 5.92. The van der Waals surface area contributed by atoms with Gasteiger partial charge in [0.25, 0.3) is 5.69 Å². The van der Waals surface area contributed by atoms with Gasteiger partial charge in [0.05, 0.1) is 21.6 Å². The van der Waals surface area contributed by atoms with Gasteiger partial charge >= 0.3 is 6.18 Å². The van der Waals surface area contributed by atoms with Crippen molar-refractivity contribution in [1.29, 1.82) is 0 Å². The number of hydrogen-bond acceptors (Lipinski definition) is 4. The maximum atomic E-state index is 12.8. The van der Waals surface area contributed by atoms with Gasteiger partial charge in [-0.25, -0.2) is 0 Å². The largest absolute Gasteiger partial charge is 0.418 e. The van der Waals surface area contributed by atoms with E-state index < -0.39 is 27.4 Å². The Kier molecular flexibility index (Phi) is 4.53. The number of aliphatic hydroxyl groups excluding tert-OH is 1. The highest BCUT2D eigenvalue weighted by atomic mass is 35.5.